The zero-order chi connectivity index (χ0) is 15.1. The average molecular weight is 384 g/mol. The molecule has 0 spiro atoms. The van der Waals surface area contributed by atoms with Gasteiger partial charge in [0.25, 0.3) is 5.78 Å². The van der Waals surface area contributed by atoms with Gasteiger partial charge in [-0.1, -0.05) is 17.7 Å². The van der Waals surface area contributed by atoms with E-state index >= 15 is 0 Å². The lowest BCUT2D eigenvalue weighted by molar-refractivity contribution is -0.0882. The lowest BCUT2D eigenvalue weighted by atomic mass is 10.1. The van der Waals surface area contributed by atoms with Gasteiger partial charge in [-0.15, -0.1) is 11.3 Å². The van der Waals surface area contributed by atoms with Gasteiger partial charge in [0.2, 0.25) is 0 Å². The molecule has 0 bridgehead atoms. The van der Waals surface area contributed by atoms with Crippen molar-refractivity contribution in [1.82, 2.24) is 0 Å². The molecule has 0 radical (unpaired) electrons. The molecule has 1 aromatic carbocycles. The standard InChI is InChI=1S/C13H7BrClF3OS/c1-6-4-7(15)2-3-8(6)11-9(14)5-10(20-11)12(19)13(16,17)18/h2-5H,1H3. The van der Waals surface area contributed by atoms with Crippen molar-refractivity contribution in [3.8, 4) is 10.4 Å². The first-order chi connectivity index (χ1) is 9.20. The molecular formula is C13H7BrClF3OS. The molecular weight excluding hydrogens is 377 g/mol. The van der Waals surface area contributed by atoms with E-state index in [1.807, 2.05) is 0 Å². The van der Waals surface area contributed by atoms with Crippen LogP contribution >= 0.6 is 38.9 Å². The summed E-state index contributed by atoms with van der Waals surface area (Å²) in [5, 5.41) is 0.547. The minimum atomic E-state index is -4.86. The van der Waals surface area contributed by atoms with Crippen molar-refractivity contribution in [2.45, 2.75) is 13.1 Å². The Kier molecular flexibility index (Phi) is 4.27. The van der Waals surface area contributed by atoms with Crippen molar-refractivity contribution in [3.05, 3.63) is 44.2 Å². The average Bonchev–Trinajstić information content (AvgIpc) is 2.69. The van der Waals surface area contributed by atoms with Gasteiger partial charge in [0, 0.05) is 14.4 Å². The molecule has 0 aliphatic carbocycles. The first-order valence-electron chi connectivity index (χ1n) is 5.37. The molecule has 0 aliphatic rings. The third-order valence-corrected chi connectivity index (χ3v) is 4.89. The second-order valence-electron chi connectivity index (χ2n) is 4.07. The van der Waals surface area contributed by atoms with Gasteiger partial charge in [0.1, 0.15) is 0 Å². The lowest BCUT2D eigenvalue weighted by Gasteiger charge is -2.04. The molecule has 0 fully saturated rings. The second-order valence-corrected chi connectivity index (χ2v) is 6.42. The number of carbonyl (C=O) groups excluding carboxylic acids is 1. The molecule has 0 amide bonds. The quantitative estimate of drug-likeness (QED) is 0.591. The molecule has 0 unspecified atom stereocenters. The molecule has 2 rings (SSSR count). The van der Waals surface area contributed by atoms with Crippen molar-refractivity contribution < 1.29 is 18.0 Å². The number of benzene rings is 1. The number of ketones is 1. The molecule has 0 saturated carbocycles. The number of aryl methyl sites for hydroxylation is 1. The summed E-state index contributed by atoms with van der Waals surface area (Å²) in [6.45, 7) is 1.80. The fourth-order valence-electron chi connectivity index (χ4n) is 1.69. The zero-order valence-corrected chi connectivity index (χ0v) is 13.2. The SMILES string of the molecule is Cc1cc(Cl)ccc1-c1sc(C(=O)C(F)(F)F)cc1Br. The highest BCUT2D eigenvalue weighted by Crippen LogP contribution is 2.40. The highest BCUT2D eigenvalue weighted by molar-refractivity contribution is 9.10. The van der Waals surface area contributed by atoms with E-state index in [2.05, 4.69) is 15.9 Å². The predicted octanol–water partition coefficient (Wildman–Crippen LogP) is 5.88. The van der Waals surface area contributed by atoms with E-state index in [0.29, 0.717) is 14.4 Å². The first kappa shape index (κ1) is 15.5. The van der Waals surface area contributed by atoms with Crippen molar-refractivity contribution in [3.63, 3.8) is 0 Å². The topological polar surface area (TPSA) is 17.1 Å². The van der Waals surface area contributed by atoms with Crippen LogP contribution in [0.3, 0.4) is 0 Å². The maximum absolute atomic E-state index is 12.4. The maximum atomic E-state index is 12.4. The number of halogens is 5. The molecule has 7 heteroatoms. The fourth-order valence-corrected chi connectivity index (χ4v) is 3.85. The zero-order valence-electron chi connectivity index (χ0n) is 10.0. The van der Waals surface area contributed by atoms with Gasteiger partial charge in [-0.2, -0.15) is 13.2 Å². The number of Topliss-reactive ketones (excluding diaryl/α,β-unsaturated/α-hetero) is 1. The molecule has 20 heavy (non-hydrogen) atoms. The van der Waals surface area contributed by atoms with Crippen molar-refractivity contribution in [2.75, 3.05) is 0 Å². The number of rotatable bonds is 2. The smallest absolute Gasteiger partial charge is 0.283 e. The van der Waals surface area contributed by atoms with Crippen LogP contribution in [-0.2, 0) is 0 Å². The van der Waals surface area contributed by atoms with Crippen LogP contribution in [0.1, 0.15) is 15.2 Å². The molecule has 1 aromatic heterocycles. The Balaban J connectivity index is 2.50. The number of hydrogen-bond acceptors (Lipinski definition) is 2. The van der Waals surface area contributed by atoms with Crippen LogP contribution in [0.4, 0.5) is 13.2 Å². The van der Waals surface area contributed by atoms with Crippen LogP contribution in [0.5, 0.6) is 0 Å². The highest BCUT2D eigenvalue weighted by atomic mass is 79.9. The molecule has 0 saturated heterocycles. The molecule has 1 nitrogen and oxygen atoms in total. The van der Waals surface area contributed by atoms with Gasteiger partial charge >= 0.3 is 6.18 Å². The summed E-state index contributed by atoms with van der Waals surface area (Å²) in [7, 11) is 0. The molecule has 1 heterocycles. The minimum absolute atomic E-state index is 0.339. The van der Waals surface area contributed by atoms with Gasteiger partial charge < -0.3 is 0 Å². The predicted molar refractivity (Wildman–Crippen MR) is 77.6 cm³/mol. The third kappa shape index (κ3) is 3.07. The maximum Gasteiger partial charge on any atom is 0.455 e. The summed E-state index contributed by atoms with van der Waals surface area (Å²) in [6, 6.07) is 6.29. The summed E-state index contributed by atoms with van der Waals surface area (Å²) >= 11 is 9.86. The van der Waals surface area contributed by atoms with Gasteiger partial charge in [0.15, 0.2) is 0 Å². The van der Waals surface area contributed by atoms with Crippen LogP contribution in [0.25, 0.3) is 10.4 Å². The van der Waals surface area contributed by atoms with Crippen LogP contribution < -0.4 is 0 Å². The Morgan fingerprint density at radius 2 is 1.95 bits per heavy atom. The second kappa shape index (κ2) is 5.50. The van der Waals surface area contributed by atoms with E-state index < -0.39 is 12.0 Å². The van der Waals surface area contributed by atoms with E-state index in [1.165, 1.54) is 6.07 Å². The summed E-state index contributed by atoms with van der Waals surface area (Å²) in [4.78, 5) is 11.5. The third-order valence-electron chi connectivity index (χ3n) is 2.60. The van der Waals surface area contributed by atoms with E-state index in [-0.39, 0.29) is 4.88 Å². The van der Waals surface area contributed by atoms with E-state index in [1.54, 1.807) is 25.1 Å². The van der Waals surface area contributed by atoms with Crippen molar-refractivity contribution in [2.24, 2.45) is 0 Å². The monoisotopic (exact) mass is 382 g/mol. The van der Waals surface area contributed by atoms with Gasteiger partial charge in [-0.05, 0) is 52.2 Å². The molecule has 0 aliphatic heterocycles. The van der Waals surface area contributed by atoms with E-state index in [0.717, 1.165) is 22.5 Å². The lowest BCUT2D eigenvalue weighted by Crippen LogP contribution is -2.21. The van der Waals surface area contributed by atoms with Gasteiger partial charge in [0.05, 0.1) is 4.88 Å². The Morgan fingerprint density at radius 3 is 2.50 bits per heavy atom. The molecule has 2 aromatic rings. The normalized spacial score (nSPS) is 11.7. The summed E-state index contributed by atoms with van der Waals surface area (Å²) in [5.74, 6) is -1.83. The van der Waals surface area contributed by atoms with E-state index in [9.17, 15) is 18.0 Å². The Hall–Kier alpha value is -0.850. The van der Waals surface area contributed by atoms with Crippen LogP contribution in [0.2, 0.25) is 5.02 Å². The van der Waals surface area contributed by atoms with Crippen LogP contribution in [0.15, 0.2) is 28.7 Å². The first-order valence-corrected chi connectivity index (χ1v) is 7.36. The number of carbonyl (C=O) groups is 1. The van der Waals surface area contributed by atoms with Crippen molar-refractivity contribution >= 4 is 44.7 Å². The van der Waals surface area contributed by atoms with Crippen LogP contribution in [0, 0.1) is 6.92 Å². The summed E-state index contributed by atoms with van der Waals surface area (Å²) in [5.41, 5.74) is 1.57. The Morgan fingerprint density at radius 1 is 1.30 bits per heavy atom. The highest BCUT2D eigenvalue weighted by Gasteiger charge is 2.40. The largest absolute Gasteiger partial charge is 0.455 e. The molecule has 0 N–H and O–H groups in total. The minimum Gasteiger partial charge on any atom is -0.283 e. The van der Waals surface area contributed by atoms with Gasteiger partial charge in [-0.25, -0.2) is 0 Å². The Labute approximate surface area is 130 Å². The molecule has 106 valence electrons. The van der Waals surface area contributed by atoms with Gasteiger partial charge in [-0.3, -0.25) is 4.79 Å². The summed E-state index contributed by atoms with van der Waals surface area (Å²) in [6.07, 6.45) is -4.86. The van der Waals surface area contributed by atoms with Crippen molar-refractivity contribution in [1.29, 1.82) is 0 Å². The van der Waals surface area contributed by atoms with Crippen LogP contribution in [-0.4, -0.2) is 12.0 Å². The summed E-state index contributed by atoms with van der Waals surface area (Å²) < 4.78 is 37.8. The number of hydrogen-bond donors (Lipinski definition) is 0. The molecule has 0 atom stereocenters. The number of thiophene rings is 1. The fraction of sp³-hybridized carbons (Fsp3) is 0.154. The Bertz CT molecular complexity index is 679. The van der Waals surface area contributed by atoms with E-state index in [4.69, 9.17) is 11.6 Å². The number of alkyl halides is 3.